The van der Waals surface area contributed by atoms with Crippen LogP contribution in [0.2, 0.25) is 0 Å². The second kappa shape index (κ2) is 7.56. The van der Waals surface area contributed by atoms with Crippen molar-refractivity contribution in [1.29, 1.82) is 0 Å². The van der Waals surface area contributed by atoms with Crippen LogP contribution in [0.25, 0.3) is 0 Å². The topological polar surface area (TPSA) is 26.3 Å². The average Bonchev–Trinajstić information content (AvgIpc) is 2.03. The molecule has 72 valence electrons. The minimum atomic E-state index is -0.451. The van der Waals surface area contributed by atoms with Gasteiger partial charge in [0.25, 0.3) is 0 Å². The van der Waals surface area contributed by atoms with Gasteiger partial charge in [0.2, 0.25) is 5.24 Å². The first-order chi connectivity index (χ1) is 5.68. The maximum atomic E-state index is 10.5. The molecule has 0 spiro atoms. The molecule has 0 amide bonds. The number of hydrogen-bond donors (Lipinski definition) is 0. The molecule has 12 heavy (non-hydrogen) atoms. The molecule has 0 aromatic heterocycles. The molecule has 0 N–H and O–H groups in total. The number of halogens is 1. The second-order valence-corrected chi connectivity index (χ2v) is 3.25. The van der Waals surface area contributed by atoms with E-state index in [9.17, 15) is 4.79 Å². The third kappa shape index (κ3) is 6.62. The van der Waals surface area contributed by atoms with E-state index >= 15 is 0 Å². The molecule has 2 nitrogen and oxygen atoms in total. The van der Waals surface area contributed by atoms with Gasteiger partial charge in [0.15, 0.2) is 0 Å². The quantitative estimate of drug-likeness (QED) is 0.458. The molecule has 1 atom stereocenters. The average molecular weight is 193 g/mol. The van der Waals surface area contributed by atoms with Gasteiger partial charge in [-0.1, -0.05) is 26.2 Å². The Morgan fingerprint density at radius 2 is 2.08 bits per heavy atom. The van der Waals surface area contributed by atoms with Crippen molar-refractivity contribution in [1.82, 2.24) is 0 Å². The summed E-state index contributed by atoms with van der Waals surface area (Å²) in [6, 6.07) is 0. The highest BCUT2D eigenvalue weighted by atomic mass is 35.5. The largest absolute Gasteiger partial charge is 0.369 e. The highest BCUT2D eigenvalue weighted by Crippen LogP contribution is 2.02. The Labute approximate surface area is 79.2 Å². The Kier molecular flexibility index (Phi) is 7.51. The van der Waals surface area contributed by atoms with Crippen LogP contribution >= 0.6 is 11.6 Å². The van der Waals surface area contributed by atoms with Gasteiger partial charge >= 0.3 is 0 Å². The molecule has 0 aliphatic heterocycles. The SMILES string of the molecule is CCCCCCOC(C)C(=O)Cl. The predicted octanol–water partition coefficient (Wildman–Crippen LogP) is 2.74. The van der Waals surface area contributed by atoms with Crippen LogP contribution in [-0.4, -0.2) is 18.0 Å². The van der Waals surface area contributed by atoms with Crippen LogP contribution in [0.4, 0.5) is 0 Å². The van der Waals surface area contributed by atoms with Crippen LogP contribution in [0.5, 0.6) is 0 Å². The van der Waals surface area contributed by atoms with Crippen molar-refractivity contribution in [2.45, 2.75) is 45.6 Å². The lowest BCUT2D eigenvalue weighted by Gasteiger charge is -2.07. The van der Waals surface area contributed by atoms with Gasteiger partial charge in [-0.2, -0.15) is 0 Å². The summed E-state index contributed by atoms with van der Waals surface area (Å²) in [6.45, 7) is 4.47. The second-order valence-electron chi connectivity index (χ2n) is 2.88. The number of carbonyl (C=O) groups is 1. The van der Waals surface area contributed by atoms with Gasteiger partial charge in [-0.25, -0.2) is 0 Å². The summed E-state index contributed by atoms with van der Waals surface area (Å²) in [6.07, 6.45) is 4.17. The molecule has 3 heteroatoms. The molecule has 0 radical (unpaired) electrons. The van der Waals surface area contributed by atoms with Crippen molar-refractivity contribution >= 4 is 16.8 Å². The van der Waals surface area contributed by atoms with E-state index in [1.54, 1.807) is 6.92 Å². The maximum absolute atomic E-state index is 10.5. The van der Waals surface area contributed by atoms with E-state index in [4.69, 9.17) is 16.3 Å². The van der Waals surface area contributed by atoms with Gasteiger partial charge in [-0.05, 0) is 24.9 Å². The number of rotatable bonds is 7. The summed E-state index contributed by atoms with van der Waals surface area (Å²) in [5.74, 6) is 0. The summed E-state index contributed by atoms with van der Waals surface area (Å²) < 4.78 is 5.17. The van der Waals surface area contributed by atoms with Gasteiger partial charge in [-0.3, -0.25) is 4.79 Å². The van der Waals surface area contributed by atoms with Crippen molar-refractivity contribution in [2.75, 3.05) is 6.61 Å². The Bertz CT molecular complexity index is 126. The van der Waals surface area contributed by atoms with Gasteiger partial charge in [0.05, 0.1) is 0 Å². The van der Waals surface area contributed by atoms with Crippen molar-refractivity contribution in [3.63, 3.8) is 0 Å². The molecule has 0 saturated carbocycles. The summed E-state index contributed by atoms with van der Waals surface area (Å²) in [5, 5.41) is -0.412. The van der Waals surface area contributed by atoms with E-state index in [2.05, 4.69) is 6.92 Å². The van der Waals surface area contributed by atoms with Crippen LogP contribution in [0.15, 0.2) is 0 Å². The maximum Gasteiger partial charge on any atom is 0.250 e. The molecule has 0 saturated heterocycles. The zero-order valence-corrected chi connectivity index (χ0v) is 8.56. The molecule has 0 heterocycles. The first kappa shape index (κ1) is 11.9. The number of hydrogen-bond acceptors (Lipinski definition) is 2. The van der Waals surface area contributed by atoms with Crippen molar-refractivity contribution in [2.24, 2.45) is 0 Å². The van der Waals surface area contributed by atoms with Crippen molar-refractivity contribution < 1.29 is 9.53 Å². The fourth-order valence-corrected chi connectivity index (χ4v) is 0.917. The predicted molar refractivity (Wildman–Crippen MR) is 50.4 cm³/mol. The molecule has 0 aliphatic carbocycles. The Hall–Kier alpha value is -0.0800. The standard InChI is InChI=1S/C9H17ClO2/c1-3-4-5-6-7-12-8(2)9(10)11/h8H,3-7H2,1-2H3. The minimum absolute atomic E-state index is 0.412. The molecular weight excluding hydrogens is 176 g/mol. The van der Waals surface area contributed by atoms with E-state index in [1.807, 2.05) is 0 Å². The number of ether oxygens (including phenoxy) is 1. The fraction of sp³-hybridized carbons (Fsp3) is 0.889. The molecular formula is C9H17ClO2. The molecule has 0 aromatic rings. The lowest BCUT2D eigenvalue weighted by Crippen LogP contribution is -2.16. The van der Waals surface area contributed by atoms with Gasteiger partial charge < -0.3 is 4.74 Å². The summed E-state index contributed by atoms with van der Waals surface area (Å²) in [7, 11) is 0. The van der Waals surface area contributed by atoms with Crippen LogP contribution in [0.3, 0.4) is 0 Å². The lowest BCUT2D eigenvalue weighted by atomic mass is 10.2. The molecule has 0 fully saturated rings. The smallest absolute Gasteiger partial charge is 0.250 e. The monoisotopic (exact) mass is 192 g/mol. The fourth-order valence-electron chi connectivity index (χ4n) is 0.854. The third-order valence-corrected chi connectivity index (χ3v) is 1.99. The zero-order chi connectivity index (χ0) is 9.40. The highest BCUT2D eigenvalue weighted by molar-refractivity contribution is 6.64. The summed E-state index contributed by atoms with van der Waals surface area (Å²) >= 11 is 5.20. The Morgan fingerprint density at radius 1 is 1.42 bits per heavy atom. The molecule has 0 bridgehead atoms. The van der Waals surface area contributed by atoms with Gasteiger partial charge in [0.1, 0.15) is 6.10 Å². The van der Waals surface area contributed by atoms with Crippen LogP contribution < -0.4 is 0 Å². The minimum Gasteiger partial charge on any atom is -0.369 e. The normalized spacial score (nSPS) is 12.9. The van der Waals surface area contributed by atoms with Crippen molar-refractivity contribution in [3.05, 3.63) is 0 Å². The van der Waals surface area contributed by atoms with E-state index in [0.29, 0.717) is 6.61 Å². The third-order valence-electron chi connectivity index (χ3n) is 1.69. The van der Waals surface area contributed by atoms with Crippen LogP contribution in [-0.2, 0) is 9.53 Å². The number of unbranched alkanes of at least 4 members (excludes halogenated alkanes) is 3. The summed E-state index contributed by atoms with van der Waals surface area (Å²) in [5.41, 5.74) is 0. The first-order valence-electron chi connectivity index (χ1n) is 4.49. The summed E-state index contributed by atoms with van der Waals surface area (Å²) in [4.78, 5) is 10.5. The van der Waals surface area contributed by atoms with Crippen molar-refractivity contribution in [3.8, 4) is 0 Å². The van der Waals surface area contributed by atoms with E-state index < -0.39 is 11.3 Å². The zero-order valence-electron chi connectivity index (χ0n) is 7.81. The van der Waals surface area contributed by atoms with Gasteiger partial charge in [-0.15, -0.1) is 0 Å². The van der Waals surface area contributed by atoms with E-state index in [0.717, 1.165) is 6.42 Å². The van der Waals surface area contributed by atoms with E-state index in [1.165, 1.54) is 19.3 Å². The molecule has 0 aromatic carbocycles. The van der Waals surface area contributed by atoms with Crippen LogP contribution in [0, 0.1) is 0 Å². The van der Waals surface area contributed by atoms with E-state index in [-0.39, 0.29) is 0 Å². The first-order valence-corrected chi connectivity index (χ1v) is 4.87. The number of carbonyl (C=O) groups excluding carboxylic acids is 1. The Balaban J connectivity index is 3.14. The van der Waals surface area contributed by atoms with Crippen LogP contribution in [0.1, 0.15) is 39.5 Å². The molecule has 0 aliphatic rings. The van der Waals surface area contributed by atoms with Gasteiger partial charge in [0, 0.05) is 6.61 Å². The molecule has 0 rings (SSSR count). The lowest BCUT2D eigenvalue weighted by molar-refractivity contribution is -0.121. The highest BCUT2D eigenvalue weighted by Gasteiger charge is 2.08. The Morgan fingerprint density at radius 3 is 2.58 bits per heavy atom. The molecule has 1 unspecified atom stereocenters.